The molecule has 2 aromatic heterocycles. The Morgan fingerprint density at radius 3 is 2.48 bits per heavy atom. The van der Waals surface area contributed by atoms with Crippen molar-refractivity contribution < 1.29 is 17.2 Å². The zero-order valence-corrected chi connectivity index (χ0v) is 18.4. The Bertz CT molecular complexity index is 1130. The van der Waals surface area contributed by atoms with Crippen LogP contribution in [0.15, 0.2) is 17.1 Å². The van der Waals surface area contributed by atoms with Gasteiger partial charge in [-0.05, 0) is 37.7 Å². The summed E-state index contributed by atoms with van der Waals surface area (Å²) in [6.07, 6.45) is 3.64. The number of alkyl halides is 2. The Morgan fingerprint density at radius 2 is 1.90 bits per heavy atom. The van der Waals surface area contributed by atoms with Gasteiger partial charge in [-0.3, -0.25) is 9.36 Å². The molecule has 2 atom stereocenters. The second-order valence-electron chi connectivity index (χ2n) is 8.60. The molecule has 0 amide bonds. The van der Waals surface area contributed by atoms with E-state index < -0.39 is 27.6 Å². The minimum atomic E-state index is -3.21. The van der Waals surface area contributed by atoms with Crippen LogP contribution >= 0.6 is 0 Å². The zero-order valence-electron chi connectivity index (χ0n) is 17.6. The highest BCUT2D eigenvalue weighted by atomic mass is 32.2. The van der Waals surface area contributed by atoms with Crippen molar-refractivity contribution in [1.82, 2.24) is 18.8 Å². The van der Waals surface area contributed by atoms with E-state index in [1.54, 1.807) is 0 Å². The Morgan fingerprint density at radius 1 is 1.19 bits per heavy atom. The molecule has 1 aliphatic heterocycles. The van der Waals surface area contributed by atoms with Crippen molar-refractivity contribution in [3.63, 3.8) is 0 Å². The maximum Gasteiger partial charge on any atom is 0.269 e. The summed E-state index contributed by atoms with van der Waals surface area (Å²) in [5.74, 6) is 0.509. The maximum absolute atomic E-state index is 13.5. The molecule has 0 radical (unpaired) electrons. The van der Waals surface area contributed by atoms with Gasteiger partial charge in [0.2, 0.25) is 16.0 Å². The maximum atomic E-state index is 13.5. The van der Waals surface area contributed by atoms with Crippen molar-refractivity contribution in [1.29, 1.82) is 0 Å². The lowest BCUT2D eigenvalue weighted by molar-refractivity contribution is 0.148. The number of nitrogens with one attached hydrogen (secondary N) is 1. The van der Waals surface area contributed by atoms with Gasteiger partial charge in [0.25, 0.3) is 12.0 Å². The van der Waals surface area contributed by atoms with Gasteiger partial charge in [-0.15, -0.1) is 0 Å². The Labute approximate surface area is 179 Å². The van der Waals surface area contributed by atoms with E-state index in [4.69, 9.17) is 0 Å². The van der Waals surface area contributed by atoms with E-state index in [1.807, 2.05) is 6.92 Å². The quantitative estimate of drug-likeness (QED) is 0.745. The molecule has 170 valence electrons. The van der Waals surface area contributed by atoms with Crippen molar-refractivity contribution in [3.05, 3.63) is 28.2 Å². The number of aromatic nitrogens is 3. The Kier molecular flexibility index (Phi) is 5.99. The number of nitrogens with zero attached hydrogens (tertiary/aromatic N) is 4. The molecule has 0 bridgehead atoms. The SMILES string of the molecule is C[C@H]1CCC[C@H]1n1c(=O)c(C(F)F)cc2cnc(NC3CCN(S(C)(=O)=O)CC3)nc21. The molecule has 0 unspecified atom stereocenters. The molecule has 0 aromatic carbocycles. The fraction of sp³-hybridized carbons (Fsp3) is 0.650. The molecule has 1 saturated heterocycles. The van der Waals surface area contributed by atoms with Gasteiger partial charge < -0.3 is 5.32 Å². The van der Waals surface area contributed by atoms with Crippen molar-refractivity contribution in [2.45, 2.75) is 57.5 Å². The number of anilines is 1. The predicted octanol–water partition coefficient (Wildman–Crippen LogP) is 2.93. The van der Waals surface area contributed by atoms with Gasteiger partial charge >= 0.3 is 0 Å². The van der Waals surface area contributed by atoms with Crippen LogP contribution in [0.4, 0.5) is 14.7 Å². The van der Waals surface area contributed by atoms with Crippen LogP contribution in [0.2, 0.25) is 0 Å². The smallest absolute Gasteiger partial charge is 0.269 e. The lowest BCUT2D eigenvalue weighted by atomic mass is 10.1. The summed E-state index contributed by atoms with van der Waals surface area (Å²) in [5.41, 5.74) is -0.851. The van der Waals surface area contributed by atoms with Crippen LogP contribution in [0.5, 0.6) is 0 Å². The molecular formula is C20H27F2N5O3S. The fourth-order valence-electron chi connectivity index (χ4n) is 4.70. The van der Waals surface area contributed by atoms with E-state index in [0.717, 1.165) is 19.3 Å². The Hall–Kier alpha value is -2.14. The first-order valence-corrected chi connectivity index (χ1v) is 12.4. The predicted molar refractivity (Wildman–Crippen MR) is 114 cm³/mol. The summed E-state index contributed by atoms with van der Waals surface area (Å²) in [6.45, 7) is 2.85. The van der Waals surface area contributed by atoms with Crippen LogP contribution in [0.25, 0.3) is 11.0 Å². The van der Waals surface area contributed by atoms with Crippen molar-refractivity contribution in [2.75, 3.05) is 24.7 Å². The molecule has 8 nitrogen and oxygen atoms in total. The van der Waals surface area contributed by atoms with Crippen LogP contribution in [-0.4, -0.2) is 52.6 Å². The number of fused-ring (bicyclic) bond motifs is 1. The third-order valence-corrected chi connectivity index (χ3v) is 7.74. The summed E-state index contributed by atoms with van der Waals surface area (Å²) < 4.78 is 53.3. The van der Waals surface area contributed by atoms with E-state index in [-0.39, 0.29) is 18.0 Å². The molecule has 2 fully saturated rings. The molecule has 4 rings (SSSR count). The number of hydrogen-bond acceptors (Lipinski definition) is 6. The number of hydrogen-bond donors (Lipinski definition) is 1. The van der Waals surface area contributed by atoms with E-state index in [1.165, 1.54) is 27.4 Å². The number of sulfonamides is 1. The van der Waals surface area contributed by atoms with Crippen LogP contribution in [0.3, 0.4) is 0 Å². The number of pyridine rings is 1. The lowest BCUT2D eigenvalue weighted by Crippen LogP contribution is -2.42. The summed E-state index contributed by atoms with van der Waals surface area (Å²) in [6, 6.07) is 1.00. The summed E-state index contributed by atoms with van der Waals surface area (Å²) in [5, 5.41) is 3.63. The van der Waals surface area contributed by atoms with E-state index in [9.17, 15) is 22.0 Å². The lowest BCUT2D eigenvalue weighted by Gasteiger charge is -2.30. The van der Waals surface area contributed by atoms with Crippen molar-refractivity contribution in [3.8, 4) is 0 Å². The first kappa shape index (κ1) is 22.1. The molecule has 1 aliphatic carbocycles. The van der Waals surface area contributed by atoms with Gasteiger partial charge in [0.05, 0.1) is 11.8 Å². The number of piperidine rings is 1. The third-order valence-electron chi connectivity index (χ3n) is 6.44. The van der Waals surface area contributed by atoms with Gasteiger partial charge in [0, 0.05) is 36.8 Å². The third kappa shape index (κ3) is 4.43. The Balaban J connectivity index is 1.67. The topological polar surface area (TPSA) is 97.2 Å². The largest absolute Gasteiger partial charge is 0.351 e. The fourth-order valence-corrected chi connectivity index (χ4v) is 5.57. The monoisotopic (exact) mass is 455 g/mol. The van der Waals surface area contributed by atoms with Gasteiger partial charge in [-0.2, -0.15) is 4.98 Å². The molecule has 2 aromatic rings. The highest BCUT2D eigenvalue weighted by molar-refractivity contribution is 7.88. The summed E-state index contributed by atoms with van der Waals surface area (Å²) >= 11 is 0. The standard InChI is InChI=1S/C20H27F2N5O3S/c1-12-4-3-5-16(12)27-18-13(10-15(17(21)22)19(27)28)11-23-20(25-18)24-14-6-8-26(9-7-14)31(2,29)30/h10-12,14,16-17H,3-9H2,1-2H3,(H,23,24,25)/t12-,16+/m0/s1. The first-order valence-electron chi connectivity index (χ1n) is 10.6. The minimum Gasteiger partial charge on any atom is -0.351 e. The van der Waals surface area contributed by atoms with Crippen LogP contribution in [-0.2, 0) is 10.0 Å². The zero-order chi connectivity index (χ0) is 22.3. The van der Waals surface area contributed by atoms with Crippen molar-refractivity contribution >= 4 is 27.0 Å². The second-order valence-corrected chi connectivity index (χ2v) is 10.6. The second kappa shape index (κ2) is 8.42. The molecule has 1 saturated carbocycles. The normalized spacial score (nSPS) is 23.6. The van der Waals surface area contributed by atoms with E-state index in [0.29, 0.717) is 42.9 Å². The van der Waals surface area contributed by atoms with Crippen LogP contribution < -0.4 is 10.9 Å². The molecule has 0 spiro atoms. The number of halogens is 2. The van der Waals surface area contributed by atoms with Gasteiger partial charge in [-0.1, -0.05) is 13.3 Å². The number of rotatable bonds is 5. The summed E-state index contributed by atoms with van der Waals surface area (Å²) in [4.78, 5) is 21.7. The molecule has 11 heteroatoms. The van der Waals surface area contributed by atoms with E-state index >= 15 is 0 Å². The molecule has 2 aliphatic rings. The van der Waals surface area contributed by atoms with Crippen molar-refractivity contribution in [2.24, 2.45) is 5.92 Å². The molecular weight excluding hydrogens is 428 g/mol. The highest BCUT2D eigenvalue weighted by Crippen LogP contribution is 2.36. The van der Waals surface area contributed by atoms with Crippen LogP contribution in [0.1, 0.15) is 57.1 Å². The molecule has 3 heterocycles. The van der Waals surface area contributed by atoms with Gasteiger partial charge in [0.15, 0.2) is 0 Å². The molecule has 1 N–H and O–H groups in total. The van der Waals surface area contributed by atoms with Crippen LogP contribution in [0, 0.1) is 5.92 Å². The van der Waals surface area contributed by atoms with E-state index in [2.05, 4.69) is 15.3 Å². The minimum absolute atomic E-state index is 0.0126. The average molecular weight is 456 g/mol. The summed E-state index contributed by atoms with van der Waals surface area (Å²) in [7, 11) is -3.21. The molecule has 31 heavy (non-hydrogen) atoms. The van der Waals surface area contributed by atoms with Gasteiger partial charge in [0.1, 0.15) is 5.65 Å². The first-order chi connectivity index (χ1) is 14.6. The highest BCUT2D eigenvalue weighted by Gasteiger charge is 2.30. The average Bonchev–Trinajstić information content (AvgIpc) is 3.12. The van der Waals surface area contributed by atoms with Gasteiger partial charge in [-0.25, -0.2) is 26.5 Å².